The summed E-state index contributed by atoms with van der Waals surface area (Å²) in [4.78, 5) is 22.4. The van der Waals surface area contributed by atoms with Gasteiger partial charge in [0.2, 0.25) is 0 Å². The molecule has 136 valence electrons. The van der Waals surface area contributed by atoms with E-state index in [1.165, 1.54) is 42.6 Å². The SMILES string of the molecule is O=C(CNc1cccc(C(F)(F)F)c1)N/N=C/c1ccc(C(=O)O)cc1. The first-order valence-corrected chi connectivity index (χ1v) is 7.32. The maximum atomic E-state index is 12.6. The van der Waals surface area contributed by atoms with Crippen LogP contribution in [0.1, 0.15) is 21.5 Å². The Balaban J connectivity index is 1.84. The number of anilines is 1. The molecule has 9 heteroatoms. The van der Waals surface area contributed by atoms with Crippen LogP contribution in [0.25, 0.3) is 0 Å². The van der Waals surface area contributed by atoms with Gasteiger partial charge in [0, 0.05) is 5.69 Å². The predicted octanol–water partition coefficient (Wildman–Crippen LogP) is 2.97. The third-order valence-corrected chi connectivity index (χ3v) is 3.20. The van der Waals surface area contributed by atoms with Gasteiger partial charge < -0.3 is 10.4 Å². The van der Waals surface area contributed by atoms with Gasteiger partial charge in [-0.25, -0.2) is 10.2 Å². The lowest BCUT2D eigenvalue weighted by Crippen LogP contribution is -2.26. The molecule has 0 aliphatic rings. The maximum Gasteiger partial charge on any atom is 0.416 e. The molecule has 0 aromatic heterocycles. The van der Waals surface area contributed by atoms with Crippen LogP contribution in [0, 0.1) is 0 Å². The Hall–Kier alpha value is -3.36. The molecule has 2 aromatic carbocycles. The van der Waals surface area contributed by atoms with Crippen LogP contribution in [0.4, 0.5) is 18.9 Å². The minimum absolute atomic E-state index is 0.122. The standard InChI is InChI=1S/C17H14F3N3O3/c18-17(19,20)13-2-1-3-14(8-13)21-10-15(24)23-22-9-11-4-6-12(7-5-11)16(25)26/h1-9,21H,10H2,(H,23,24)(H,25,26)/b22-9+. The van der Waals surface area contributed by atoms with Crippen molar-refractivity contribution in [2.75, 3.05) is 11.9 Å². The molecule has 0 atom stereocenters. The van der Waals surface area contributed by atoms with Gasteiger partial charge in [-0.3, -0.25) is 4.79 Å². The highest BCUT2D eigenvalue weighted by atomic mass is 19.4. The quantitative estimate of drug-likeness (QED) is 0.542. The van der Waals surface area contributed by atoms with E-state index < -0.39 is 23.6 Å². The average Bonchev–Trinajstić information content (AvgIpc) is 2.60. The number of carbonyl (C=O) groups is 2. The Bertz CT molecular complexity index is 818. The molecule has 0 unspecified atom stereocenters. The minimum Gasteiger partial charge on any atom is -0.478 e. The second-order valence-electron chi connectivity index (χ2n) is 5.15. The van der Waals surface area contributed by atoms with Gasteiger partial charge in [-0.05, 0) is 35.9 Å². The van der Waals surface area contributed by atoms with Gasteiger partial charge in [-0.15, -0.1) is 0 Å². The van der Waals surface area contributed by atoms with Crippen LogP contribution in [-0.4, -0.2) is 29.7 Å². The molecule has 0 spiro atoms. The average molecular weight is 365 g/mol. The minimum atomic E-state index is -4.46. The van der Waals surface area contributed by atoms with Crippen molar-refractivity contribution in [3.05, 3.63) is 65.2 Å². The number of nitrogens with one attached hydrogen (secondary N) is 2. The molecule has 2 rings (SSSR count). The number of alkyl halides is 3. The molecule has 2 aromatic rings. The van der Waals surface area contributed by atoms with E-state index in [2.05, 4.69) is 15.8 Å². The Morgan fingerprint density at radius 2 is 1.81 bits per heavy atom. The van der Waals surface area contributed by atoms with Gasteiger partial charge in [0.05, 0.1) is 23.9 Å². The molecule has 0 radical (unpaired) electrons. The van der Waals surface area contributed by atoms with E-state index in [4.69, 9.17) is 5.11 Å². The molecule has 0 bridgehead atoms. The van der Waals surface area contributed by atoms with Crippen LogP contribution >= 0.6 is 0 Å². The Kier molecular flexibility index (Phi) is 5.94. The zero-order valence-electron chi connectivity index (χ0n) is 13.2. The first kappa shape index (κ1) is 19.0. The third kappa shape index (κ3) is 5.62. The summed E-state index contributed by atoms with van der Waals surface area (Å²) in [6.45, 7) is -0.267. The number of carboxylic acid groups (broad SMARTS) is 1. The summed E-state index contributed by atoms with van der Waals surface area (Å²) < 4.78 is 37.8. The number of hydrogen-bond acceptors (Lipinski definition) is 4. The number of carboxylic acids is 1. The lowest BCUT2D eigenvalue weighted by Gasteiger charge is -2.10. The van der Waals surface area contributed by atoms with Crippen molar-refractivity contribution < 1.29 is 27.9 Å². The van der Waals surface area contributed by atoms with Gasteiger partial charge in [-0.2, -0.15) is 18.3 Å². The summed E-state index contributed by atoms with van der Waals surface area (Å²) in [6.07, 6.45) is -3.14. The van der Waals surface area contributed by atoms with E-state index in [0.717, 1.165) is 12.1 Å². The molecule has 0 saturated carbocycles. The zero-order chi connectivity index (χ0) is 19.2. The van der Waals surface area contributed by atoms with E-state index in [9.17, 15) is 22.8 Å². The van der Waals surface area contributed by atoms with Gasteiger partial charge in [0.1, 0.15) is 0 Å². The monoisotopic (exact) mass is 365 g/mol. The highest BCUT2D eigenvalue weighted by molar-refractivity contribution is 5.89. The van der Waals surface area contributed by atoms with E-state index in [1.54, 1.807) is 0 Å². The first-order valence-electron chi connectivity index (χ1n) is 7.32. The van der Waals surface area contributed by atoms with Gasteiger partial charge >= 0.3 is 12.1 Å². The van der Waals surface area contributed by atoms with Crippen molar-refractivity contribution in [1.29, 1.82) is 0 Å². The number of rotatable bonds is 6. The van der Waals surface area contributed by atoms with Crippen LogP contribution in [0.3, 0.4) is 0 Å². The Morgan fingerprint density at radius 3 is 2.42 bits per heavy atom. The summed E-state index contributed by atoms with van der Waals surface area (Å²) in [5, 5.41) is 15.0. The Morgan fingerprint density at radius 1 is 1.12 bits per heavy atom. The molecular weight excluding hydrogens is 351 g/mol. The normalized spacial score (nSPS) is 11.3. The predicted molar refractivity (Wildman–Crippen MR) is 89.1 cm³/mol. The largest absolute Gasteiger partial charge is 0.478 e. The van der Waals surface area contributed by atoms with Crippen LogP contribution in [0.5, 0.6) is 0 Å². The number of nitrogens with zero attached hydrogens (tertiary/aromatic N) is 1. The zero-order valence-corrected chi connectivity index (χ0v) is 13.2. The van der Waals surface area contributed by atoms with Crippen LogP contribution in [-0.2, 0) is 11.0 Å². The summed E-state index contributed by atoms with van der Waals surface area (Å²) in [5.74, 6) is -1.61. The van der Waals surface area contributed by atoms with Gasteiger partial charge in [0.25, 0.3) is 5.91 Å². The topological polar surface area (TPSA) is 90.8 Å². The highest BCUT2D eigenvalue weighted by Crippen LogP contribution is 2.30. The molecule has 0 heterocycles. The van der Waals surface area contributed by atoms with Crippen molar-refractivity contribution in [2.24, 2.45) is 5.10 Å². The number of benzene rings is 2. The smallest absolute Gasteiger partial charge is 0.416 e. The van der Waals surface area contributed by atoms with Gasteiger partial charge in [0.15, 0.2) is 0 Å². The molecule has 3 N–H and O–H groups in total. The van der Waals surface area contributed by atoms with E-state index >= 15 is 0 Å². The molecule has 0 aliphatic carbocycles. The summed E-state index contributed by atoms with van der Waals surface area (Å²) >= 11 is 0. The Labute approximate surface area is 146 Å². The van der Waals surface area contributed by atoms with Crippen molar-refractivity contribution in [2.45, 2.75) is 6.18 Å². The molecule has 0 aliphatic heterocycles. The molecule has 6 nitrogen and oxygen atoms in total. The number of hydrogen-bond donors (Lipinski definition) is 3. The number of amides is 1. The third-order valence-electron chi connectivity index (χ3n) is 3.20. The molecule has 1 amide bonds. The summed E-state index contributed by atoms with van der Waals surface area (Å²) in [5.41, 5.74) is 2.25. The van der Waals surface area contributed by atoms with E-state index in [1.807, 2.05) is 0 Å². The van der Waals surface area contributed by atoms with Crippen molar-refractivity contribution in [1.82, 2.24) is 5.43 Å². The van der Waals surface area contributed by atoms with Gasteiger partial charge in [-0.1, -0.05) is 18.2 Å². The maximum absolute atomic E-state index is 12.6. The first-order chi connectivity index (χ1) is 12.3. The lowest BCUT2D eigenvalue weighted by atomic mass is 10.1. The summed E-state index contributed by atoms with van der Waals surface area (Å²) in [6, 6.07) is 10.3. The number of aromatic carboxylic acids is 1. The number of carbonyl (C=O) groups excluding carboxylic acids is 1. The van der Waals surface area contributed by atoms with Crippen molar-refractivity contribution in [3.8, 4) is 0 Å². The number of halogens is 3. The second kappa shape index (κ2) is 8.15. The second-order valence-corrected chi connectivity index (χ2v) is 5.15. The molecular formula is C17H14F3N3O3. The highest BCUT2D eigenvalue weighted by Gasteiger charge is 2.30. The molecule has 0 saturated heterocycles. The van der Waals surface area contributed by atoms with Crippen molar-refractivity contribution >= 4 is 23.8 Å². The van der Waals surface area contributed by atoms with Crippen LogP contribution < -0.4 is 10.7 Å². The molecule has 0 fully saturated rings. The van der Waals surface area contributed by atoms with Crippen LogP contribution in [0.2, 0.25) is 0 Å². The van der Waals surface area contributed by atoms with Crippen LogP contribution in [0.15, 0.2) is 53.6 Å². The fourth-order valence-corrected chi connectivity index (χ4v) is 1.92. The van der Waals surface area contributed by atoms with Crippen molar-refractivity contribution in [3.63, 3.8) is 0 Å². The fraction of sp³-hybridized carbons (Fsp3) is 0.118. The summed E-state index contributed by atoms with van der Waals surface area (Å²) in [7, 11) is 0. The number of hydrazone groups is 1. The molecule has 26 heavy (non-hydrogen) atoms. The fourth-order valence-electron chi connectivity index (χ4n) is 1.92. The lowest BCUT2D eigenvalue weighted by molar-refractivity contribution is -0.137. The van der Waals surface area contributed by atoms with E-state index in [0.29, 0.717) is 5.56 Å². The van der Waals surface area contributed by atoms with E-state index in [-0.39, 0.29) is 17.8 Å².